The van der Waals surface area contributed by atoms with E-state index in [9.17, 15) is 14.5 Å². The molecule has 1 heterocycles. The van der Waals surface area contributed by atoms with Gasteiger partial charge in [-0.2, -0.15) is 0 Å². The number of carbonyl (C=O) groups is 2. The second-order valence-corrected chi connectivity index (χ2v) is 4.90. The van der Waals surface area contributed by atoms with Gasteiger partial charge in [0.05, 0.1) is 5.54 Å². The number of nitrogens with zero attached hydrogens (tertiary/aromatic N) is 2. The van der Waals surface area contributed by atoms with E-state index >= 15 is 0 Å². The SMILES string of the molecule is CNC(C)(C)C(=O)N1CCC1=O.O=Nc1ccccc1. The summed E-state index contributed by atoms with van der Waals surface area (Å²) in [6, 6.07) is 8.71. The van der Waals surface area contributed by atoms with Crippen molar-refractivity contribution < 1.29 is 9.59 Å². The minimum atomic E-state index is -0.629. The largest absolute Gasteiger partial charge is 0.307 e. The van der Waals surface area contributed by atoms with Gasteiger partial charge >= 0.3 is 0 Å². The molecule has 6 heteroatoms. The molecule has 6 nitrogen and oxygen atoms in total. The first-order valence-electron chi connectivity index (χ1n) is 6.34. The fourth-order valence-corrected chi connectivity index (χ4v) is 1.46. The third kappa shape index (κ3) is 3.96. The molecule has 0 saturated carbocycles. The summed E-state index contributed by atoms with van der Waals surface area (Å²) >= 11 is 0. The standard InChI is InChI=1S/C8H14N2O2.C6H5NO/c1-8(2,9-3)7(12)10-5-4-6(10)11;8-7-6-4-2-1-3-5-6/h9H,4-5H2,1-3H3;1-5H. The van der Waals surface area contributed by atoms with Gasteiger partial charge in [0, 0.05) is 13.0 Å². The van der Waals surface area contributed by atoms with Gasteiger partial charge in [-0.25, -0.2) is 0 Å². The average Bonchev–Trinajstić information content (AvgIpc) is 2.47. The summed E-state index contributed by atoms with van der Waals surface area (Å²) in [4.78, 5) is 33.5. The van der Waals surface area contributed by atoms with E-state index in [2.05, 4.69) is 10.5 Å². The molecule has 2 amide bonds. The van der Waals surface area contributed by atoms with Crippen LogP contribution in [-0.2, 0) is 9.59 Å². The molecule has 0 bridgehead atoms. The van der Waals surface area contributed by atoms with E-state index in [4.69, 9.17) is 0 Å². The van der Waals surface area contributed by atoms with Gasteiger partial charge < -0.3 is 5.32 Å². The average molecular weight is 277 g/mol. The zero-order valence-electron chi connectivity index (χ0n) is 11.9. The van der Waals surface area contributed by atoms with E-state index < -0.39 is 5.54 Å². The molecule has 1 fully saturated rings. The molecule has 2 rings (SSSR count). The van der Waals surface area contributed by atoms with E-state index in [1.165, 1.54) is 4.90 Å². The number of likely N-dealkylation sites (tertiary alicyclic amines) is 1. The number of carbonyl (C=O) groups excluding carboxylic acids is 2. The van der Waals surface area contributed by atoms with E-state index in [1.54, 1.807) is 45.2 Å². The highest BCUT2D eigenvalue weighted by Gasteiger charge is 2.38. The molecule has 0 spiro atoms. The molecule has 108 valence electrons. The highest BCUT2D eigenvalue weighted by molar-refractivity contribution is 6.03. The van der Waals surface area contributed by atoms with Crippen LogP contribution in [0.1, 0.15) is 20.3 Å². The summed E-state index contributed by atoms with van der Waals surface area (Å²) in [6.07, 6.45) is 0.505. The van der Waals surface area contributed by atoms with Crippen molar-refractivity contribution in [2.75, 3.05) is 13.6 Å². The van der Waals surface area contributed by atoms with Gasteiger partial charge in [-0.05, 0) is 38.2 Å². The maximum atomic E-state index is 11.5. The highest BCUT2D eigenvalue weighted by atomic mass is 16.3. The number of hydrogen-bond donors (Lipinski definition) is 1. The van der Waals surface area contributed by atoms with Gasteiger partial charge in [-0.3, -0.25) is 14.5 Å². The number of β-lactam (4-membered cyclic amide) rings is 1. The molecule has 0 atom stereocenters. The fraction of sp³-hybridized carbons (Fsp3) is 0.429. The van der Waals surface area contributed by atoms with Crippen LogP contribution in [-0.4, -0.2) is 35.8 Å². The van der Waals surface area contributed by atoms with Crippen molar-refractivity contribution in [3.63, 3.8) is 0 Å². The lowest BCUT2D eigenvalue weighted by Gasteiger charge is -2.35. The topological polar surface area (TPSA) is 78.8 Å². The number of rotatable bonds is 3. The van der Waals surface area contributed by atoms with Crippen LogP contribution in [0.4, 0.5) is 5.69 Å². The summed E-state index contributed by atoms with van der Waals surface area (Å²) in [7, 11) is 1.71. The molecule has 0 aliphatic carbocycles. The predicted octanol–water partition coefficient (Wildman–Crippen LogP) is 1.83. The fourth-order valence-electron chi connectivity index (χ4n) is 1.46. The zero-order chi connectivity index (χ0) is 15.2. The second-order valence-electron chi connectivity index (χ2n) is 4.90. The molecule has 0 radical (unpaired) electrons. The minimum absolute atomic E-state index is 0.0664. The van der Waals surface area contributed by atoms with Crippen molar-refractivity contribution >= 4 is 17.5 Å². The molecule has 20 heavy (non-hydrogen) atoms. The van der Waals surface area contributed by atoms with E-state index in [0.717, 1.165) is 0 Å². The minimum Gasteiger partial charge on any atom is -0.307 e. The number of hydrogen-bond acceptors (Lipinski definition) is 5. The van der Waals surface area contributed by atoms with Crippen molar-refractivity contribution in [3.05, 3.63) is 35.2 Å². The van der Waals surface area contributed by atoms with Crippen LogP contribution >= 0.6 is 0 Å². The summed E-state index contributed by atoms with van der Waals surface area (Å²) in [6.45, 7) is 4.10. The first-order valence-corrected chi connectivity index (χ1v) is 6.34. The molecule has 1 aliphatic rings. The lowest BCUT2D eigenvalue weighted by molar-refractivity contribution is -0.155. The number of likely N-dealkylation sites (N-methyl/N-ethyl adjacent to an activating group) is 1. The number of amides is 2. The highest BCUT2D eigenvalue weighted by Crippen LogP contribution is 2.15. The summed E-state index contributed by atoms with van der Waals surface area (Å²) in [5.74, 6) is -0.204. The monoisotopic (exact) mass is 277 g/mol. The summed E-state index contributed by atoms with van der Waals surface area (Å²) < 4.78 is 0. The third-order valence-electron chi connectivity index (χ3n) is 3.12. The van der Waals surface area contributed by atoms with Gasteiger partial charge in [0.1, 0.15) is 5.69 Å². The number of nitrogens with one attached hydrogen (secondary N) is 1. The van der Waals surface area contributed by atoms with E-state index in [-0.39, 0.29) is 11.8 Å². The normalized spacial score (nSPS) is 13.9. The van der Waals surface area contributed by atoms with Crippen LogP contribution in [0.2, 0.25) is 0 Å². The third-order valence-corrected chi connectivity index (χ3v) is 3.12. The number of benzene rings is 1. The maximum Gasteiger partial charge on any atom is 0.248 e. The lowest BCUT2D eigenvalue weighted by Crippen LogP contribution is -2.59. The van der Waals surface area contributed by atoms with Gasteiger partial charge in [-0.1, -0.05) is 18.2 Å². The van der Waals surface area contributed by atoms with Gasteiger partial charge in [0.25, 0.3) is 0 Å². The van der Waals surface area contributed by atoms with Crippen molar-refractivity contribution in [1.29, 1.82) is 0 Å². The van der Waals surface area contributed by atoms with Crippen LogP contribution in [0.5, 0.6) is 0 Å². The van der Waals surface area contributed by atoms with Gasteiger partial charge in [0.2, 0.25) is 11.8 Å². The lowest BCUT2D eigenvalue weighted by atomic mass is 10.0. The maximum absolute atomic E-state index is 11.5. The Balaban J connectivity index is 0.000000217. The van der Waals surface area contributed by atoms with Crippen molar-refractivity contribution in [2.45, 2.75) is 25.8 Å². The zero-order valence-corrected chi connectivity index (χ0v) is 11.9. The summed E-state index contributed by atoms with van der Waals surface area (Å²) in [5.41, 5.74) is -0.150. The summed E-state index contributed by atoms with van der Waals surface area (Å²) in [5, 5.41) is 5.59. The molecular weight excluding hydrogens is 258 g/mol. The number of nitroso groups, excluding NO2 is 1. The van der Waals surface area contributed by atoms with E-state index in [1.807, 2.05) is 6.07 Å². The molecule has 1 aliphatic heterocycles. The Bertz CT molecular complexity index is 486. The molecule has 0 unspecified atom stereocenters. The van der Waals surface area contributed by atoms with Crippen molar-refractivity contribution in [3.8, 4) is 0 Å². The van der Waals surface area contributed by atoms with Crippen LogP contribution in [0, 0.1) is 4.91 Å². The molecular formula is C14H19N3O3. The van der Waals surface area contributed by atoms with Crippen molar-refractivity contribution in [1.82, 2.24) is 10.2 Å². The molecule has 1 saturated heterocycles. The Kier molecular flexibility index (Phi) is 5.52. The Morgan fingerprint density at radius 2 is 1.90 bits per heavy atom. The van der Waals surface area contributed by atoms with Gasteiger partial charge in [-0.15, -0.1) is 4.91 Å². The number of imide groups is 1. The Morgan fingerprint density at radius 1 is 1.30 bits per heavy atom. The smallest absolute Gasteiger partial charge is 0.248 e. The van der Waals surface area contributed by atoms with Crippen LogP contribution in [0.3, 0.4) is 0 Å². The van der Waals surface area contributed by atoms with Crippen LogP contribution in [0.25, 0.3) is 0 Å². The first kappa shape index (κ1) is 16.0. The Morgan fingerprint density at radius 3 is 2.20 bits per heavy atom. The van der Waals surface area contributed by atoms with E-state index in [0.29, 0.717) is 18.7 Å². The molecule has 1 aromatic rings. The first-order chi connectivity index (χ1) is 9.42. The quantitative estimate of drug-likeness (QED) is 0.675. The van der Waals surface area contributed by atoms with Crippen molar-refractivity contribution in [2.24, 2.45) is 5.18 Å². The van der Waals surface area contributed by atoms with Crippen LogP contribution < -0.4 is 5.32 Å². The Labute approximate surface area is 118 Å². The molecule has 1 N–H and O–H groups in total. The van der Waals surface area contributed by atoms with Crippen LogP contribution in [0.15, 0.2) is 35.5 Å². The predicted molar refractivity (Wildman–Crippen MR) is 76.4 cm³/mol. The molecule has 0 aromatic heterocycles. The van der Waals surface area contributed by atoms with Gasteiger partial charge in [0.15, 0.2) is 0 Å². The molecule has 1 aromatic carbocycles. The Hall–Kier alpha value is -2.08. The second kappa shape index (κ2) is 6.91.